The fourth-order valence-electron chi connectivity index (χ4n) is 7.30. The Balaban J connectivity index is 1.74. The lowest BCUT2D eigenvalue weighted by Gasteiger charge is -2.64. The number of fused-ring (bicyclic) bond motifs is 5. The van der Waals surface area contributed by atoms with E-state index >= 15 is 0 Å². The molecule has 0 saturated heterocycles. The van der Waals surface area contributed by atoms with Gasteiger partial charge in [-0.2, -0.15) is 0 Å². The first kappa shape index (κ1) is 17.2. The summed E-state index contributed by atoms with van der Waals surface area (Å²) in [6.45, 7) is 4.27. The van der Waals surface area contributed by atoms with Crippen molar-refractivity contribution in [3.8, 4) is 0 Å². The Hall–Kier alpha value is -0.200. The highest BCUT2D eigenvalue weighted by Crippen LogP contribution is 2.66. The normalized spacial score (nSPS) is 63.4. The topological polar surface area (TPSA) is 101 Å². The Morgan fingerprint density at radius 1 is 0.667 bits per heavy atom. The molecule has 0 aromatic rings. The summed E-state index contributed by atoms with van der Waals surface area (Å²) in [4.78, 5) is 0. The summed E-state index contributed by atoms with van der Waals surface area (Å²) in [5.41, 5.74) is -0.436. The molecule has 138 valence electrons. The van der Waals surface area contributed by atoms with E-state index in [1.165, 1.54) is 0 Å². The first-order valence-corrected chi connectivity index (χ1v) is 9.62. The van der Waals surface area contributed by atoms with Crippen molar-refractivity contribution >= 4 is 0 Å². The van der Waals surface area contributed by atoms with Crippen molar-refractivity contribution in [1.82, 2.24) is 0 Å². The molecule has 0 aliphatic heterocycles. The second-order valence-electron chi connectivity index (χ2n) is 9.54. The van der Waals surface area contributed by atoms with Crippen molar-refractivity contribution in [3.05, 3.63) is 0 Å². The molecule has 24 heavy (non-hydrogen) atoms. The summed E-state index contributed by atoms with van der Waals surface area (Å²) in [6, 6.07) is 0. The van der Waals surface area contributed by atoms with Crippen molar-refractivity contribution in [2.24, 2.45) is 34.5 Å². The zero-order valence-corrected chi connectivity index (χ0v) is 14.7. The Morgan fingerprint density at radius 3 is 2.00 bits per heavy atom. The van der Waals surface area contributed by atoms with Gasteiger partial charge in [0.05, 0.1) is 30.5 Å². The maximum absolute atomic E-state index is 11.0. The molecule has 0 unspecified atom stereocenters. The van der Waals surface area contributed by atoms with E-state index in [0.717, 1.165) is 32.1 Å². The van der Waals surface area contributed by atoms with Gasteiger partial charge in [0.25, 0.3) is 0 Å². The molecule has 11 atom stereocenters. The van der Waals surface area contributed by atoms with Gasteiger partial charge >= 0.3 is 0 Å². The number of rotatable bonds is 0. The van der Waals surface area contributed by atoms with Gasteiger partial charge < -0.3 is 25.5 Å². The lowest BCUT2D eigenvalue weighted by atomic mass is 9.43. The Kier molecular flexibility index (Phi) is 3.87. The molecule has 0 bridgehead atoms. The maximum atomic E-state index is 11.0. The van der Waals surface area contributed by atoms with Gasteiger partial charge in [0, 0.05) is 5.92 Å². The van der Waals surface area contributed by atoms with E-state index in [-0.39, 0.29) is 34.7 Å². The summed E-state index contributed by atoms with van der Waals surface area (Å²) < 4.78 is 0. The molecular formula is C19H32O5. The molecule has 5 N–H and O–H groups in total. The van der Waals surface area contributed by atoms with Gasteiger partial charge in [0.15, 0.2) is 0 Å². The third kappa shape index (κ3) is 1.99. The molecule has 4 fully saturated rings. The van der Waals surface area contributed by atoms with E-state index in [1.807, 2.05) is 0 Å². The van der Waals surface area contributed by atoms with Crippen LogP contribution in [0.1, 0.15) is 52.4 Å². The Bertz CT molecular complexity index is 512. The van der Waals surface area contributed by atoms with Crippen molar-refractivity contribution in [2.75, 3.05) is 0 Å². The van der Waals surface area contributed by atoms with Crippen LogP contribution in [0.15, 0.2) is 0 Å². The predicted molar refractivity (Wildman–Crippen MR) is 87.9 cm³/mol. The van der Waals surface area contributed by atoms with Crippen LogP contribution in [0.4, 0.5) is 0 Å². The summed E-state index contributed by atoms with van der Waals surface area (Å²) in [6.07, 6.45) is 0.820. The van der Waals surface area contributed by atoms with Crippen LogP contribution in [0.5, 0.6) is 0 Å². The van der Waals surface area contributed by atoms with Crippen molar-refractivity contribution in [3.63, 3.8) is 0 Å². The molecule has 0 aromatic carbocycles. The summed E-state index contributed by atoms with van der Waals surface area (Å²) in [5, 5.41) is 52.9. The predicted octanol–water partition coefficient (Wildman–Crippen LogP) is 0.663. The Morgan fingerprint density at radius 2 is 1.29 bits per heavy atom. The number of aliphatic hydroxyl groups is 5. The third-order valence-corrected chi connectivity index (χ3v) is 8.74. The van der Waals surface area contributed by atoms with E-state index in [0.29, 0.717) is 6.42 Å². The molecule has 0 radical (unpaired) electrons. The fraction of sp³-hybridized carbons (Fsp3) is 1.00. The van der Waals surface area contributed by atoms with Crippen LogP contribution >= 0.6 is 0 Å². The largest absolute Gasteiger partial charge is 0.393 e. The van der Waals surface area contributed by atoms with E-state index in [1.54, 1.807) is 0 Å². The smallest absolute Gasteiger partial charge is 0.0861 e. The van der Waals surface area contributed by atoms with Gasteiger partial charge in [-0.3, -0.25) is 0 Å². The summed E-state index contributed by atoms with van der Waals surface area (Å²) in [7, 11) is 0. The minimum atomic E-state index is -1.01. The summed E-state index contributed by atoms with van der Waals surface area (Å²) >= 11 is 0. The average molecular weight is 340 g/mol. The molecule has 4 aliphatic carbocycles. The van der Waals surface area contributed by atoms with Gasteiger partial charge in [0.1, 0.15) is 0 Å². The zero-order chi connectivity index (χ0) is 17.4. The van der Waals surface area contributed by atoms with Crippen LogP contribution in [-0.2, 0) is 0 Å². The highest BCUT2D eigenvalue weighted by Gasteiger charge is 2.66. The molecule has 5 nitrogen and oxygen atoms in total. The minimum absolute atomic E-state index is 0.0282. The van der Waals surface area contributed by atoms with Crippen molar-refractivity contribution in [2.45, 2.75) is 82.9 Å². The molecule has 0 amide bonds. The lowest BCUT2D eigenvalue weighted by molar-refractivity contribution is -0.252. The van der Waals surface area contributed by atoms with Crippen molar-refractivity contribution < 1.29 is 25.5 Å². The highest BCUT2D eigenvalue weighted by molar-refractivity contribution is 5.15. The summed E-state index contributed by atoms with van der Waals surface area (Å²) in [5.74, 6) is -0.0585. The number of aliphatic hydroxyl groups excluding tert-OH is 5. The first-order chi connectivity index (χ1) is 11.2. The molecule has 0 aromatic heterocycles. The van der Waals surface area contributed by atoms with Gasteiger partial charge in [-0.05, 0) is 67.1 Å². The third-order valence-electron chi connectivity index (χ3n) is 8.74. The SMILES string of the molecule is C[C@]12CC[C@H](O)[C@@H](O)[C@@H]1[C@@H](O)[C@H](O)[C@@H]1[C@@H]2CC[C@]2(C)[C@@H](O)CC[C@@H]12. The van der Waals surface area contributed by atoms with Crippen LogP contribution in [0, 0.1) is 34.5 Å². The van der Waals surface area contributed by atoms with Gasteiger partial charge in [-0.1, -0.05) is 13.8 Å². The lowest BCUT2D eigenvalue weighted by Crippen LogP contribution is -2.67. The first-order valence-electron chi connectivity index (χ1n) is 9.62. The van der Waals surface area contributed by atoms with Crippen LogP contribution in [0.3, 0.4) is 0 Å². The number of hydrogen-bond donors (Lipinski definition) is 5. The van der Waals surface area contributed by atoms with Crippen LogP contribution in [-0.4, -0.2) is 56.1 Å². The standard InChI is InChI=1S/C19H32O5/c1-18-7-5-10-13(9(18)3-4-12(18)21)16(23)17(24)14-15(22)11(20)6-8-19(10,14)2/h9-17,20-24H,3-8H2,1-2H3/t9-,10-,11-,12-,13-,14+,15+,16+,17+,18-,19+/m0/s1. The average Bonchev–Trinajstić information content (AvgIpc) is 2.84. The molecule has 4 rings (SSSR count). The highest BCUT2D eigenvalue weighted by atomic mass is 16.3. The second kappa shape index (κ2) is 5.40. The minimum Gasteiger partial charge on any atom is -0.393 e. The molecule has 0 heterocycles. The van der Waals surface area contributed by atoms with E-state index in [9.17, 15) is 25.5 Å². The molecule has 0 spiro atoms. The van der Waals surface area contributed by atoms with E-state index in [4.69, 9.17) is 0 Å². The zero-order valence-electron chi connectivity index (χ0n) is 14.7. The monoisotopic (exact) mass is 340 g/mol. The molecule has 4 aliphatic rings. The molecule has 4 saturated carbocycles. The molecular weight excluding hydrogens is 308 g/mol. The van der Waals surface area contributed by atoms with Gasteiger partial charge in [0.2, 0.25) is 0 Å². The van der Waals surface area contributed by atoms with Gasteiger partial charge in [-0.25, -0.2) is 0 Å². The van der Waals surface area contributed by atoms with Crippen molar-refractivity contribution in [1.29, 1.82) is 0 Å². The van der Waals surface area contributed by atoms with E-state index < -0.39 is 30.3 Å². The second-order valence-corrected chi connectivity index (χ2v) is 9.54. The van der Waals surface area contributed by atoms with Gasteiger partial charge in [-0.15, -0.1) is 0 Å². The van der Waals surface area contributed by atoms with Crippen LogP contribution in [0.25, 0.3) is 0 Å². The fourth-order valence-corrected chi connectivity index (χ4v) is 7.30. The van der Waals surface area contributed by atoms with Crippen LogP contribution < -0.4 is 0 Å². The van der Waals surface area contributed by atoms with Crippen LogP contribution in [0.2, 0.25) is 0 Å². The van der Waals surface area contributed by atoms with E-state index in [2.05, 4.69) is 13.8 Å². The quantitative estimate of drug-likeness (QED) is 0.446. The Labute approximate surface area is 143 Å². The number of hydrogen-bond acceptors (Lipinski definition) is 5. The maximum Gasteiger partial charge on any atom is 0.0861 e. The molecule has 5 heteroatoms.